The molecule has 0 aliphatic heterocycles. The fraction of sp³-hybridized carbons (Fsp3) is 0.500. The van der Waals surface area contributed by atoms with E-state index < -0.39 is 0 Å². The van der Waals surface area contributed by atoms with Gasteiger partial charge < -0.3 is 10.3 Å². The standard InChI is InChI=1S/C6H10BrN3/c1-2-10-5(3-8)4-9-6(10)7/h4H,2-3,8H2,1H3. The van der Waals surface area contributed by atoms with E-state index in [0.717, 1.165) is 17.0 Å². The Morgan fingerprint density at radius 3 is 2.90 bits per heavy atom. The molecule has 1 rings (SSSR count). The molecule has 1 heterocycles. The monoisotopic (exact) mass is 203 g/mol. The van der Waals surface area contributed by atoms with Gasteiger partial charge in [0.2, 0.25) is 0 Å². The maximum atomic E-state index is 5.46. The zero-order valence-corrected chi connectivity index (χ0v) is 7.43. The second-order valence-corrected chi connectivity index (χ2v) is 2.68. The zero-order chi connectivity index (χ0) is 7.56. The van der Waals surface area contributed by atoms with E-state index in [0.29, 0.717) is 6.54 Å². The summed E-state index contributed by atoms with van der Waals surface area (Å²) in [5.74, 6) is 0. The first-order valence-corrected chi connectivity index (χ1v) is 3.98. The summed E-state index contributed by atoms with van der Waals surface area (Å²) in [5.41, 5.74) is 6.52. The lowest BCUT2D eigenvalue weighted by molar-refractivity contribution is 0.695. The molecule has 0 saturated heterocycles. The van der Waals surface area contributed by atoms with Crippen LogP contribution in [0.4, 0.5) is 0 Å². The molecule has 56 valence electrons. The smallest absolute Gasteiger partial charge is 0.177 e. The van der Waals surface area contributed by atoms with E-state index in [1.165, 1.54) is 0 Å². The van der Waals surface area contributed by atoms with Crippen LogP contribution in [0.5, 0.6) is 0 Å². The van der Waals surface area contributed by atoms with Crippen molar-refractivity contribution < 1.29 is 0 Å². The molecule has 0 aliphatic rings. The van der Waals surface area contributed by atoms with E-state index in [4.69, 9.17) is 5.73 Å². The van der Waals surface area contributed by atoms with Gasteiger partial charge in [0.05, 0.1) is 11.9 Å². The number of halogens is 1. The van der Waals surface area contributed by atoms with Crippen LogP contribution in [0.2, 0.25) is 0 Å². The predicted octanol–water partition coefficient (Wildman–Crippen LogP) is 1.12. The summed E-state index contributed by atoms with van der Waals surface area (Å²) in [6, 6.07) is 0. The van der Waals surface area contributed by atoms with Crippen molar-refractivity contribution in [2.24, 2.45) is 5.73 Å². The summed E-state index contributed by atoms with van der Waals surface area (Å²) in [6.07, 6.45) is 1.79. The fourth-order valence-electron chi connectivity index (χ4n) is 0.882. The number of hydrogen-bond acceptors (Lipinski definition) is 2. The van der Waals surface area contributed by atoms with Gasteiger partial charge in [-0.25, -0.2) is 4.98 Å². The van der Waals surface area contributed by atoms with Crippen LogP contribution in [0.1, 0.15) is 12.6 Å². The van der Waals surface area contributed by atoms with E-state index in [-0.39, 0.29) is 0 Å². The maximum absolute atomic E-state index is 5.46. The molecule has 0 amide bonds. The Balaban J connectivity index is 3.01. The van der Waals surface area contributed by atoms with Gasteiger partial charge in [0, 0.05) is 13.1 Å². The van der Waals surface area contributed by atoms with Crippen LogP contribution in [0.15, 0.2) is 10.9 Å². The molecule has 0 unspecified atom stereocenters. The van der Waals surface area contributed by atoms with Gasteiger partial charge in [0.15, 0.2) is 4.73 Å². The summed E-state index contributed by atoms with van der Waals surface area (Å²) >= 11 is 3.31. The number of imidazole rings is 1. The summed E-state index contributed by atoms with van der Waals surface area (Å²) in [4.78, 5) is 4.06. The van der Waals surface area contributed by atoms with E-state index in [1.807, 2.05) is 4.57 Å². The third-order valence-corrected chi connectivity index (χ3v) is 2.05. The van der Waals surface area contributed by atoms with Crippen LogP contribution in [0.25, 0.3) is 0 Å². The van der Waals surface area contributed by atoms with Crippen molar-refractivity contribution in [1.82, 2.24) is 9.55 Å². The van der Waals surface area contributed by atoms with Crippen LogP contribution in [0, 0.1) is 0 Å². The molecule has 0 aliphatic carbocycles. The first-order valence-electron chi connectivity index (χ1n) is 3.19. The second kappa shape index (κ2) is 3.16. The second-order valence-electron chi connectivity index (χ2n) is 1.97. The zero-order valence-electron chi connectivity index (χ0n) is 5.84. The number of nitrogens with zero attached hydrogens (tertiary/aromatic N) is 2. The third kappa shape index (κ3) is 1.22. The van der Waals surface area contributed by atoms with Crippen molar-refractivity contribution >= 4 is 15.9 Å². The highest BCUT2D eigenvalue weighted by Crippen LogP contribution is 2.10. The highest BCUT2D eigenvalue weighted by atomic mass is 79.9. The lowest BCUT2D eigenvalue weighted by Gasteiger charge is -2.02. The molecular weight excluding hydrogens is 194 g/mol. The highest BCUT2D eigenvalue weighted by Gasteiger charge is 2.02. The Hall–Kier alpha value is -0.350. The van der Waals surface area contributed by atoms with Crippen molar-refractivity contribution in [3.8, 4) is 0 Å². The largest absolute Gasteiger partial charge is 0.325 e. The number of rotatable bonds is 2. The first-order chi connectivity index (χ1) is 4.79. The first kappa shape index (κ1) is 7.75. The minimum atomic E-state index is 0.548. The van der Waals surface area contributed by atoms with Crippen molar-refractivity contribution in [1.29, 1.82) is 0 Å². The summed E-state index contributed by atoms with van der Waals surface area (Å²) in [6.45, 7) is 3.52. The van der Waals surface area contributed by atoms with Crippen molar-refractivity contribution in [2.45, 2.75) is 20.0 Å². The topological polar surface area (TPSA) is 43.8 Å². The van der Waals surface area contributed by atoms with E-state index in [1.54, 1.807) is 6.20 Å². The van der Waals surface area contributed by atoms with Crippen molar-refractivity contribution in [3.05, 3.63) is 16.6 Å². The Morgan fingerprint density at radius 1 is 1.80 bits per heavy atom. The molecule has 1 aromatic heterocycles. The Labute approximate surface area is 68.4 Å². The van der Waals surface area contributed by atoms with Crippen LogP contribution < -0.4 is 5.73 Å². The number of hydrogen-bond donors (Lipinski definition) is 1. The SMILES string of the molecule is CCn1c(CN)cnc1Br. The van der Waals surface area contributed by atoms with Crippen molar-refractivity contribution in [3.63, 3.8) is 0 Å². The Bertz CT molecular complexity index is 219. The number of aromatic nitrogens is 2. The summed E-state index contributed by atoms with van der Waals surface area (Å²) < 4.78 is 2.88. The third-order valence-electron chi connectivity index (χ3n) is 1.41. The van der Waals surface area contributed by atoms with Gasteiger partial charge in [0.1, 0.15) is 0 Å². The normalized spacial score (nSPS) is 10.3. The molecular formula is C6H10BrN3. The molecule has 0 aromatic carbocycles. The lowest BCUT2D eigenvalue weighted by atomic mass is 10.5. The van der Waals surface area contributed by atoms with E-state index >= 15 is 0 Å². The molecule has 1 aromatic rings. The average molecular weight is 204 g/mol. The molecule has 0 fully saturated rings. The molecule has 3 nitrogen and oxygen atoms in total. The van der Waals surface area contributed by atoms with Crippen LogP contribution in [0.3, 0.4) is 0 Å². The van der Waals surface area contributed by atoms with Gasteiger partial charge in [-0.05, 0) is 22.9 Å². The molecule has 4 heteroatoms. The van der Waals surface area contributed by atoms with Gasteiger partial charge >= 0.3 is 0 Å². The van der Waals surface area contributed by atoms with Crippen LogP contribution in [-0.2, 0) is 13.1 Å². The molecule has 0 radical (unpaired) electrons. The number of nitrogens with two attached hydrogens (primary N) is 1. The van der Waals surface area contributed by atoms with Crippen molar-refractivity contribution in [2.75, 3.05) is 0 Å². The minimum absolute atomic E-state index is 0.548. The Morgan fingerprint density at radius 2 is 2.50 bits per heavy atom. The lowest BCUT2D eigenvalue weighted by Crippen LogP contribution is -2.05. The average Bonchev–Trinajstić information content (AvgIpc) is 2.30. The van der Waals surface area contributed by atoms with Crippen LogP contribution >= 0.6 is 15.9 Å². The summed E-state index contributed by atoms with van der Waals surface area (Å²) in [7, 11) is 0. The van der Waals surface area contributed by atoms with Gasteiger partial charge in [-0.2, -0.15) is 0 Å². The molecule has 10 heavy (non-hydrogen) atoms. The molecule has 0 spiro atoms. The van der Waals surface area contributed by atoms with Gasteiger partial charge in [-0.1, -0.05) is 0 Å². The highest BCUT2D eigenvalue weighted by molar-refractivity contribution is 9.10. The maximum Gasteiger partial charge on any atom is 0.177 e. The predicted molar refractivity (Wildman–Crippen MR) is 43.5 cm³/mol. The quantitative estimate of drug-likeness (QED) is 0.784. The molecule has 0 atom stereocenters. The molecule has 0 saturated carbocycles. The fourth-order valence-corrected chi connectivity index (χ4v) is 1.46. The Kier molecular flexibility index (Phi) is 2.45. The van der Waals surface area contributed by atoms with Crippen LogP contribution in [-0.4, -0.2) is 9.55 Å². The minimum Gasteiger partial charge on any atom is -0.325 e. The molecule has 0 bridgehead atoms. The van der Waals surface area contributed by atoms with E-state index in [2.05, 4.69) is 27.8 Å². The van der Waals surface area contributed by atoms with Gasteiger partial charge in [0.25, 0.3) is 0 Å². The summed E-state index contributed by atoms with van der Waals surface area (Å²) in [5, 5.41) is 0. The van der Waals surface area contributed by atoms with Gasteiger partial charge in [-0.15, -0.1) is 0 Å². The van der Waals surface area contributed by atoms with E-state index in [9.17, 15) is 0 Å². The molecule has 2 N–H and O–H groups in total. The van der Waals surface area contributed by atoms with Gasteiger partial charge in [-0.3, -0.25) is 0 Å².